The van der Waals surface area contributed by atoms with Gasteiger partial charge in [0.2, 0.25) is 0 Å². The molecule has 5 nitrogen and oxygen atoms in total. The van der Waals surface area contributed by atoms with Crippen LogP contribution in [0.3, 0.4) is 0 Å². The zero-order valence-corrected chi connectivity index (χ0v) is 9.67. The Morgan fingerprint density at radius 1 is 1.41 bits per heavy atom. The molecule has 3 N–H and O–H groups in total. The number of carbonyl (C=O) groups is 1. The lowest BCUT2D eigenvalue weighted by atomic mass is 10.2. The summed E-state index contributed by atoms with van der Waals surface area (Å²) in [6.07, 6.45) is -1.96. The van der Waals surface area contributed by atoms with E-state index in [4.69, 9.17) is 9.84 Å². The van der Waals surface area contributed by atoms with Gasteiger partial charge < -0.3 is 20.3 Å². The second-order valence-electron chi connectivity index (χ2n) is 3.80. The van der Waals surface area contributed by atoms with Crippen LogP contribution in [0, 0.1) is 0 Å². The van der Waals surface area contributed by atoms with Crippen molar-refractivity contribution in [1.82, 2.24) is 5.32 Å². The van der Waals surface area contributed by atoms with Crippen LogP contribution in [0.25, 0.3) is 0 Å². The van der Waals surface area contributed by atoms with Crippen molar-refractivity contribution in [1.29, 1.82) is 0 Å². The van der Waals surface area contributed by atoms with E-state index in [1.54, 1.807) is 0 Å². The van der Waals surface area contributed by atoms with E-state index in [9.17, 15) is 9.90 Å². The Bertz CT molecular complexity index is 340. The summed E-state index contributed by atoms with van der Waals surface area (Å²) in [5.74, 6) is 0. The van der Waals surface area contributed by atoms with Crippen molar-refractivity contribution in [3.63, 3.8) is 0 Å². The molecule has 0 fully saturated rings. The van der Waals surface area contributed by atoms with Crippen LogP contribution in [0.15, 0.2) is 30.3 Å². The highest BCUT2D eigenvalue weighted by molar-refractivity contribution is 5.64. The van der Waals surface area contributed by atoms with Crippen LogP contribution in [-0.4, -0.2) is 35.1 Å². The third-order valence-corrected chi connectivity index (χ3v) is 2.30. The van der Waals surface area contributed by atoms with Gasteiger partial charge in [0.1, 0.15) is 0 Å². The third-order valence-electron chi connectivity index (χ3n) is 2.30. The molecule has 1 aromatic carbocycles. The summed E-state index contributed by atoms with van der Waals surface area (Å²) >= 11 is 0. The monoisotopic (exact) mass is 239 g/mol. The average Bonchev–Trinajstić information content (AvgIpc) is 2.28. The van der Waals surface area contributed by atoms with E-state index >= 15 is 0 Å². The Hall–Kier alpha value is -1.59. The number of aliphatic hydroxyl groups excluding tert-OH is 1. The van der Waals surface area contributed by atoms with Gasteiger partial charge in [-0.1, -0.05) is 30.3 Å². The van der Waals surface area contributed by atoms with Gasteiger partial charge in [0.15, 0.2) is 0 Å². The summed E-state index contributed by atoms with van der Waals surface area (Å²) in [4.78, 5) is 10.5. The van der Waals surface area contributed by atoms with Crippen molar-refractivity contribution in [3.8, 4) is 0 Å². The van der Waals surface area contributed by atoms with E-state index in [1.165, 1.54) is 6.92 Å². The lowest BCUT2D eigenvalue weighted by Gasteiger charge is -2.19. The molecule has 0 aliphatic rings. The van der Waals surface area contributed by atoms with Crippen LogP contribution >= 0.6 is 0 Å². The second kappa shape index (κ2) is 6.88. The van der Waals surface area contributed by atoms with Crippen molar-refractivity contribution in [2.45, 2.75) is 25.7 Å². The third kappa shape index (κ3) is 5.33. The molecule has 0 aromatic heterocycles. The largest absolute Gasteiger partial charge is 0.465 e. The maximum absolute atomic E-state index is 10.5. The van der Waals surface area contributed by atoms with Gasteiger partial charge in [0, 0.05) is 0 Å². The number of aliphatic hydroxyl groups is 1. The molecule has 0 spiro atoms. The Kier molecular flexibility index (Phi) is 5.45. The van der Waals surface area contributed by atoms with Crippen LogP contribution in [0.1, 0.15) is 12.5 Å². The van der Waals surface area contributed by atoms with Crippen LogP contribution in [0.4, 0.5) is 4.79 Å². The van der Waals surface area contributed by atoms with Gasteiger partial charge in [-0.15, -0.1) is 0 Å². The minimum absolute atomic E-state index is 0.138. The van der Waals surface area contributed by atoms with Gasteiger partial charge in [0.05, 0.1) is 25.4 Å². The van der Waals surface area contributed by atoms with Crippen molar-refractivity contribution in [2.75, 3.05) is 6.61 Å². The molecule has 0 saturated heterocycles. The molecule has 94 valence electrons. The van der Waals surface area contributed by atoms with E-state index < -0.39 is 18.2 Å². The lowest BCUT2D eigenvalue weighted by molar-refractivity contribution is 0.0482. The standard InChI is InChI=1S/C12H17NO4/c1-9(14)11(13-12(15)16)8-17-7-10-5-3-2-4-6-10/h2-6,9,11,13-14H,7-8H2,1H3,(H,15,16)/t9-,11+/m0/s1. The minimum atomic E-state index is -1.17. The first kappa shape index (κ1) is 13.5. The van der Waals surface area contributed by atoms with Crippen LogP contribution in [0.5, 0.6) is 0 Å². The summed E-state index contributed by atoms with van der Waals surface area (Å²) in [6.45, 7) is 2.05. The molecule has 0 bridgehead atoms. The first-order valence-corrected chi connectivity index (χ1v) is 5.39. The van der Waals surface area contributed by atoms with Gasteiger partial charge in [0.25, 0.3) is 0 Å². The Balaban J connectivity index is 2.35. The molecular formula is C12H17NO4. The highest BCUT2D eigenvalue weighted by Gasteiger charge is 2.17. The van der Waals surface area contributed by atoms with E-state index in [0.29, 0.717) is 6.61 Å². The average molecular weight is 239 g/mol. The quantitative estimate of drug-likeness (QED) is 0.697. The van der Waals surface area contributed by atoms with E-state index in [2.05, 4.69) is 5.32 Å². The van der Waals surface area contributed by atoms with Crippen LogP contribution < -0.4 is 5.32 Å². The molecule has 0 heterocycles. The number of carboxylic acid groups (broad SMARTS) is 1. The number of hydrogen-bond acceptors (Lipinski definition) is 3. The van der Waals surface area contributed by atoms with Crippen molar-refractivity contribution in [3.05, 3.63) is 35.9 Å². The van der Waals surface area contributed by atoms with Crippen LogP contribution in [-0.2, 0) is 11.3 Å². The van der Waals surface area contributed by atoms with E-state index in [1.807, 2.05) is 30.3 Å². The molecule has 1 aromatic rings. The zero-order chi connectivity index (χ0) is 12.7. The molecule has 1 rings (SSSR count). The summed E-state index contributed by atoms with van der Waals surface area (Å²) < 4.78 is 5.36. The summed E-state index contributed by atoms with van der Waals surface area (Å²) in [7, 11) is 0. The van der Waals surface area contributed by atoms with Crippen molar-refractivity contribution in [2.24, 2.45) is 0 Å². The molecule has 5 heteroatoms. The maximum Gasteiger partial charge on any atom is 0.405 e. The molecule has 0 aliphatic heterocycles. The first-order valence-electron chi connectivity index (χ1n) is 5.39. The van der Waals surface area contributed by atoms with Gasteiger partial charge in [-0.25, -0.2) is 4.79 Å². The van der Waals surface area contributed by atoms with E-state index in [-0.39, 0.29) is 6.61 Å². The number of hydrogen-bond donors (Lipinski definition) is 3. The summed E-state index contributed by atoms with van der Waals surface area (Å²) in [6, 6.07) is 8.94. The molecule has 0 saturated carbocycles. The molecule has 1 amide bonds. The molecule has 0 unspecified atom stereocenters. The number of nitrogens with one attached hydrogen (secondary N) is 1. The van der Waals surface area contributed by atoms with Crippen LogP contribution in [0.2, 0.25) is 0 Å². The Morgan fingerprint density at radius 3 is 2.59 bits per heavy atom. The van der Waals surface area contributed by atoms with Gasteiger partial charge in [-0.05, 0) is 12.5 Å². The smallest absolute Gasteiger partial charge is 0.405 e. The molecule has 2 atom stereocenters. The van der Waals surface area contributed by atoms with E-state index in [0.717, 1.165) is 5.56 Å². The summed E-state index contributed by atoms with van der Waals surface area (Å²) in [5, 5.41) is 20.1. The normalized spacial score (nSPS) is 14.0. The molecule has 0 radical (unpaired) electrons. The lowest BCUT2D eigenvalue weighted by Crippen LogP contribution is -2.44. The van der Waals surface area contributed by atoms with Gasteiger partial charge >= 0.3 is 6.09 Å². The second-order valence-corrected chi connectivity index (χ2v) is 3.80. The number of rotatable bonds is 6. The van der Waals surface area contributed by atoms with Crippen molar-refractivity contribution < 1.29 is 19.7 Å². The predicted octanol–water partition coefficient (Wildman–Crippen LogP) is 1.22. The minimum Gasteiger partial charge on any atom is -0.465 e. The zero-order valence-electron chi connectivity index (χ0n) is 9.67. The fraction of sp³-hybridized carbons (Fsp3) is 0.417. The maximum atomic E-state index is 10.5. The SMILES string of the molecule is C[C@H](O)[C@@H](COCc1ccccc1)NC(=O)O. The highest BCUT2D eigenvalue weighted by Crippen LogP contribution is 2.02. The molecule has 17 heavy (non-hydrogen) atoms. The summed E-state index contributed by atoms with van der Waals surface area (Å²) in [5.41, 5.74) is 1.01. The number of amides is 1. The predicted molar refractivity (Wildman–Crippen MR) is 62.7 cm³/mol. The van der Waals surface area contributed by atoms with Gasteiger partial charge in [-0.3, -0.25) is 0 Å². The fourth-order valence-corrected chi connectivity index (χ4v) is 1.34. The first-order chi connectivity index (χ1) is 8.09. The molecule has 0 aliphatic carbocycles. The number of benzene rings is 1. The topological polar surface area (TPSA) is 78.8 Å². The van der Waals surface area contributed by atoms with Crippen molar-refractivity contribution >= 4 is 6.09 Å². The fourth-order valence-electron chi connectivity index (χ4n) is 1.34. The molecular weight excluding hydrogens is 222 g/mol. The number of ether oxygens (including phenoxy) is 1. The van der Waals surface area contributed by atoms with Gasteiger partial charge in [-0.2, -0.15) is 0 Å². The Morgan fingerprint density at radius 2 is 2.06 bits per heavy atom. The Labute approximate surface area is 100 Å². The highest BCUT2D eigenvalue weighted by atomic mass is 16.5.